The fourth-order valence-corrected chi connectivity index (χ4v) is 0.988. The van der Waals surface area contributed by atoms with Crippen LogP contribution in [0.5, 0.6) is 0 Å². The highest BCUT2D eigenvalue weighted by molar-refractivity contribution is 5.82. The molecular formula is C12H21NO. The SMILES string of the molecule is C=CCCC(=C)N(C)CC(=O)C(C)C. The molecule has 0 saturated heterocycles. The minimum atomic E-state index is 0.102. The van der Waals surface area contributed by atoms with Crippen LogP contribution in [-0.2, 0) is 4.79 Å². The van der Waals surface area contributed by atoms with Crippen LogP contribution in [0, 0.1) is 5.92 Å². The van der Waals surface area contributed by atoms with Crippen LogP contribution in [0.2, 0.25) is 0 Å². The zero-order valence-corrected chi connectivity index (χ0v) is 9.55. The number of hydrogen-bond donors (Lipinski definition) is 0. The third-order valence-electron chi connectivity index (χ3n) is 2.21. The topological polar surface area (TPSA) is 20.3 Å². The molecule has 0 spiro atoms. The third kappa shape index (κ3) is 4.85. The number of ketones is 1. The second kappa shape index (κ2) is 6.41. The minimum absolute atomic E-state index is 0.102. The van der Waals surface area contributed by atoms with E-state index in [-0.39, 0.29) is 11.7 Å². The predicted octanol–water partition coefficient (Wildman–Crippen LogP) is 2.62. The van der Waals surface area contributed by atoms with Gasteiger partial charge in [-0.05, 0) is 12.8 Å². The summed E-state index contributed by atoms with van der Waals surface area (Å²) in [5, 5.41) is 0. The molecule has 80 valence electrons. The molecule has 0 heterocycles. The van der Waals surface area contributed by atoms with Crippen LogP contribution in [0.1, 0.15) is 26.7 Å². The third-order valence-corrected chi connectivity index (χ3v) is 2.21. The van der Waals surface area contributed by atoms with Crippen molar-refractivity contribution in [2.45, 2.75) is 26.7 Å². The smallest absolute Gasteiger partial charge is 0.154 e. The highest BCUT2D eigenvalue weighted by Gasteiger charge is 2.10. The Hall–Kier alpha value is -1.05. The van der Waals surface area contributed by atoms with Gasteiger partial charge in [0.15, 0.2) is 5.78 Å². The maximum Gasteiger partial charge on any atom is 0.154 e. The van der Waals surface area contributed by atoms with E-state index in [2.05, 4.69) is 13.2 Å². The van der Waals surface area contributed by atoms with E-state index >= 15 is 0 Å². The molecule has 0 saturated carbocycles. The highest BCUT2D eigenvalue weighted by atomic mass is 16.1. The van der Waals surface area contributed by atoms with Crippen LogP contribution < -0.4 is 0 Å². The van der Waals surface area contributed by atoms with Gasteiger partial charge < -0.3 is 4.90 Å². The van der Waals surface area contributed by atoms with Gasteiger partial charge >= 0.3 is 0 Å². The van der Waals surface area contributed by atoms with Gasteiger partial charge in [-0.15, -0.1) is 6.58 Å². The van der Waals surface area contributed by atoms with Crippen molar-refractivity contribution in [1.82, 2.24) is 4.90 Å². The lowest BCUT2D eigenvalue weighted by molar-refractivity contribution is -0.122. The van der Waals surface area contributed by atoms with Gasteiger partial charge in [0.2, 0.25) is 0 Å². The number of carbonyl (C=O) groups excluding carboxylic acids is 1. The van der Waals surface area contributed by atoms with Crippen molar-refractivity contribution in [3.05, 3.63) is 24.9 Å². The lowest BCUT2D eigenvalue weighted by atomic mass is 10.1. The number of carbonyl (C=O) groups is 1. The Labute approximate surface area is 87.3 Å². The molecule has 0 aromatic rings. The van der Waals surface area contributed by atoms with Gasteiger partial charge in [-0.3, -0.25) is 4.79 Å². The van der Waals surface area contributed by atoms with Crippen LogP contribution in [0.15, 0.2) is 24.9 Å². The Kier molecular flexibility index (Phi) is 5.93. The molecular weight excluding hydrogens is 174 g/mol. The first-order chi connectivity index (χ1) is 6.49. The second-order valence-electron chi connectivity index (χ2n) is 3.87. The molecule has 0 bridgehead atoms. The molecule has 0 rings (SSSR count). The van der Waals surface area contributed by atoms with Crippen molar-refractivity contribution in [1.29, 1.82) is 0 Å². The van der Waals surface area contributed by atoms with Gasteiger partial charge in [-0.25, -0.2) is 0 Å². The van der Waals surface area contributed by atoms with E-state index in [0.29, 0.717) is 6.54 Å². The van der Waals surface area contributed by atoms with Gasteiger partial charge in [-0.1, -0.05) is 26.5 Å². The Morgan fingerprint density at radius 1 is 1.50 bits per heavy atom. The maximum atomic E-state index is 11.4. The van der Waals surface area contributed by atoms with Gasteiger partial charge in [0.1, 0.15) is 0 Å². The number of likely N-dealkylation sites (N-methyl/N-ethyl adjacent to an activating group) is 1. The molecule has 0 fully saturated rings. The summed E-state index contributed by atoms with van der Waals surface area (Å²) in [7, 11) is 1.91. The molecule has 0 radical (unpaired) electrons. The fourth-order valence-electron chi connectivity index (χ4n) is 0.988. The normalized spacial score (nSPS) is 10.0. The van der Waals surface area contributed by atoms with Crippen LogP contribution >= 0.6 is 0 Å². The summed E-state index contributed by atoms with van der Waals surface area (Å²) in [6.45, 7) is 11.9. The molecule has 0 aromatic heterocycles. The molecule has 0 aromatic carbocycles. The highest BCUT2D eigenvalue weighted by Crippen LogP contribution is 2.08. The maximum absolute atomic E-state index is 11.4. The van der Waals surface area contributed by atoms with E-state index in [1.165, 1.54) is 0 Å². The molecule has 0 unspecified atom stereocenters. The largest absolute Gasteiger partial charge is 0.371 e. The number of Topliss-reactive ketones (excluding diaryl/α,β-unsaturated/α-hetero) is 1. The van der Waals surface area contributed by atoms with Crippen LogP contribution in [0.25, 0.3) is 0 Å². The monoisotopic (exact) mass is 195 g/mol. The molecule has 2 nitrogen and oxygen atoms in total. The van der Waals surface area contributed by atoms with E-state index in [1.807, 2.05) is 31.9 Å². The summed E-state index contributed by atoms with van der Waals surface area (Å²) < 4.78 is 0. The fraction of sp³-hybridized carbons (Fsp3) is 0.583. The van der Waals surface area contributed by atoms with E-state index in [4.69, 9.17) is 0 Å². The summed E-state index contributed by atoms with van der Waals surface area (Å²) in [4.78, 5) is 13.4. The summed E-state index contributed by atoms with van der Waals surface area (Å²) in [5.74, 6) is 0.358. The lowest BCUT2D eigenvalue weighted by Crippen LogP contribution is -2.27. The predicted molar refractivity (Wildman–Crippen MR) is 61.0 cm³/mol. The van der Waals surface area contributed by atoms with Gasteiger partial charge in [-0.2, -0.15) is 0 Å². The summed E-state index contributed by atoms with van der Waals surface area (Å²) in [5.41, 5.74) is 0.999. The van der Waals surface area contributed by atoms with E-state index in [9.17, 15) is 4.79 Å². The first-order valence-corrected chi connectivity index (χ1v) is 5.01. The first-order valence-electron chi connectivity index (χ1n) is 5.01. The Bertz CT molecular complexity index is 218. The molecule has 0 N–H and O–H groups in total. The van der Waals surface area contributed by atoms with Gasteiger partial charge in [0.05, 0.1) is 6.54 Å². The van der Waals surface area contributed by atoms with Crippen molar-refractivity contribution in [2.24, 2.45) is 5.92 Å². The van der Waals surface area contributed by atoms with Crippen LogP contribution in [-0.4, -0.2) is 24.3 Å². The first kappa shape index (κ1) is 12.9. The van der Waals surface area contributed by atoms with Crippen molar-refractivity contribution >= 4 is 5.78 Å². The standard InChI is InChI=1S/C12H21NO/c1-6-7-8-11(4)13(5)9-12(14)10(2)3/h6,10H,1,4,7-9H2,2-3,5H3. The van der Waals surface area contributed by atoms with E-state index in [0.717, 1.165) is 18.5 Å². The molecule has 0 amide bonds. The zero-order valence-electron chi connectivity index (χ0n) is 9.55. The molecule has 0 aliphatic heterocycles. The molecule has 0 aliphatic rings. The minimum Gasteiger partial charge on any atom is -0.371 e. The van der Waals surface area contributed by atoms with Gasteiger partial charge in [0, 0.05) is 18.7 Å². The lowest BCUT2D eigenvalue weighted by Gasteiger charge is -2.21. The Balaban J connectivity index is 3.94. The van der Waals surface area contributed by atoms with Crippen molar-refractivity contribution in [3.63, 3.8) is 0 Å². The zero-order chi connectivity index (χ0) is 11.1. The average molecular weight is 195 g/mol. The Morgan fingerprint density at radius 3 is 2.50 bits per heavy atom. The molecule has 0 atom stereocenters. The van der Waals surface area contributed by atoms with E-state index in [1.54, 1.807) is 0 Å². The van der Waals surface area contributed by atoms with Crippen molar-refractivity contribution in [2.75, 3.05) is 13.6 Å². The summed E-state index contributed by atoms with van der Waals surface area (Å²) in [6.07, 6.45) is 3.66. The van der Waals surface area contributed by atoms with E-state index < -0.39 is 0 Å². The molecule has 14 heavy (non-hydrogen) atoms. The summed E-state index contributed by atoms with van der Waals surface area (Å²) >= 11 is 0. The van der Waals surface area contributed by atoms with Crippen LogP contribution in [0.4, 0.5) is 0 Å². The quantitative estimate of drug-likeness (QED) is 0.582. The van der Waals surface area contributed by atoms with Crippen LogP contribution in [0.3, 0.4) is 0 Å². The molecule has 0 aliphatic carbocycles. The average Bonchev–Trinajstić information content (AvgIpc) is 2.13. The summed E-state index contributed by atoms with van der Waals surface area (Å²) in [6, 6.07) is 0. The number of hydrogen-bond acceptors (Lipinski definition) is 2. The Morgan fingerprint density at radius 2 is 2.07 bits per heavy atom. The van der Waals surface area contributed by atoms with Crippen molar-refractivity contribution < 1.29 is 4.79 Å². The number of rotatable bonds is 7. The van der Waals surface area contributed by atoms with Crippen molar-refractivity contribution in [3.8, 4) is 0 Å². The second-order valence-corrected chi connectivity index (χ2v) is 3.87. The van der Waals surface area contributed by atoms with Gasteiger partial charge in [0.25, 0.3) is 0 Å². The number of nitrogens with zero attached hydrogens (tertiary/aromatic N) is 1. The number of allylic oxidation sites excluding steroid dienone is 2. The molecule has 2 heteroatoms.